The van der Waals surface area contributed by atoms with E-state index in [1.807, 2.05) is 4.90 Å². The molecule has 2 aliphatic heterocycles. The van der Waals surface area contributed by atoms with Crippen LogP contribution in [0.1, 0.15) is 33.1 Å². The van der Waals surface area contributed by atoms with E-state index in [9.17, 15) is 4.79 Å². The summed E-state index contributed by atoms with van der Waals surface area (Å²) >= 11 is 0. The highest BCUT2D eigenvalue weighted by atomic mass is 16.2. The molecule has 0 unspecified atom stereocenters. The largest absolute Gasteiger partial charge is 0.340 e. The maximum atomic E-state index is 12.6. The van der Waals surface area contributed by atoms with Crippen molar-refractivity contribution in [3.63, 3.8) is 0 Å². The zero-order chi connectivity index (χ0) is 13.0. The highest BCUT2D eigenvalue weighted by Gasteiger charge is 2.34. The average molecular weight is 253 g/mol. The summed E-state index contributed by atoms with van der Waals surface area (Å²) in [4.78, 5) is 17.1. The molecule has 4 heteroatoms. The van der Waals surface area contributed by atoms with Crippen LogP contribution in [0.5, 0.6) is 0 Å². The minimum Gasteiger partial charge on any atom is -0.340 e. The molecule has 0 aromatic heterocycles. The number of piperidine rings is 1. The van der Waals surface area contributed by atoms with Crippen molar-refractivity contribution in [1.29, 1.82) is 0 Å². The predicted octanol–water partition coefficient (Wildman–Crippen LogP) is 0.930. The zero-order valence-corrected chi connectivity index (χ0v) is 11.9. The molecule has 0 aliphatic carbocycles. The van der Waals surface area contributed by atoms with Crippen LogP contribution in [0.3, 0.4) is 0 Å². The van der Waals surface area contributed by atoms with Gasteiger partial charge in [0.25, 0.3) is 0 Å². The van der Waals surface area contributed by atoms with E-state index in [2.05, 4.69) is 24.1 Å². The molecule has 18 heavy (non-hydrogen) atoms. The minimum atomic E-state index is -0.241. The van der Waals surface area contributed by atoms with Crippen molar-refractivity contribution >= 4 is 5.91 Å². The molecule has 1 N–H and O–H groups in total. The van der Waals surface area contributed by atoms with Gasteiger partial charge in [0, 0.05) is 32.7 Å². The summed E-state index contributed by atoms with van der Waals surface area (Å²) in [5, 5.41) is 3.30. The Morgan fingerprint density at radius 1 is 1.06 bits per heavy atom. The molecule has 2 heterocycles. The average Bonchev–Trinajstić information content (AvgIpc) is 2.39. The molecule has 2 rings (SSSR count). The maximum Gasteiger partial charge on any atom is 0.229 e. The Kier molecular flexibility index (Phi) is 4.62. The van der Waals surface area contributed by atoms with Crippen LogP contribution in [0, 0.1) is 5.41 Å². The topological polar surface area (TPSA) is 35.6 Å². The van der Waals surface area contributed by atoms with Crippen LogP contribution in [-0.2, 0) is 4.79 Å². The zero-order valence-electron chi connectivity index (χ0n) is 11.9. The molecule has 2 aliphatic rings. The highest BCUT2D eigenvalue weighted by molar-refractivity contribution is 5.82. The van der Waals surface area contributed by atoms with Crippen molar-refractivity contribution in [2.24, 2.45) is 5.41 Å². The van der Waals surface area contributed by atoms with Crippen LogP contribution in [-0.4, -0.2) is 61.5 Å². The van der Waals surface area contributed by atoms with Gasteiger partial charge in [0.15, 0.2) is 0 Å². The van der Waals surface area contributed by atoms with Crippen LogP contribution in [0.15, 0.2) is 0 Å². The molecule has 0 aromatic rings. The summed E-state index contributed by atoms with van der Waals surface area (Å²) in [5.41, 5.74) is -0.241. The fourth-order valence-electron chi connectivity index (χ4n) is 3.04. The first-order chi connectivity index (χ1) is 8.59. The maximum absolute atomic E-state index is 12.6. The van der Waals surface area contributed by atoms with E-state index >= 15 is 0 Å². The van der Waals surface area contributed by atoms with Gasteiger partial charge in [0.2, 0.25) is 5.91 Å². The Balaban J connectivity index is 1.89. The lowest BCUT2D eigenvalue weighted by atomic mass is 9.89. The Hall–Kier alpha value is -0.610. The minimum absolute atomic E-state index is 0.241. The first-order valence-electron chi connectivity index (χ1n) is 7.32. The molecule has 1 amide bonds. The van der Waals surface area contributed by atoms with Crippen molar-refractivity contribution in [3.8, 4) is 0 Å². The summed E-state index contributed by atoms with van der Waals surface area (Å²) in [7, 11) is 0. The lowest BCUT2D eigenvalue weighted by Crippen LogP contribution is -2.53. The van der Waals surface area contributed by atoms with Crippen LogP contribution < -0.4 is 5.32 Å². The van der Waals surface area contributed by atoms with Crippen LogP contribution in [0.4, 0.5) is 0 Å². The fraction of sp³-hybridized carbons (Fsp3) is 0.929. The SMILES string of the molecule is CC(C)(CN1CCCCC1)C(=O)N1CCNCC1. The molecule has 2 saturated heterocycles. The van der Waals surface area contributed by atoms with Gasteiger partial charge in [-0.25, -0.2) is 0 Å². The van der Waals surface area contributed by atoms with E-state index in [-0.39, 0.29) is 5.41 Å². The molecular formula is C14H27N3O. The Bertz CT molecular complexity index is 279. The van der Waals surface area contributed by atoms with Gasteiger partial charge in [0.1, 0.15) is 0 Å². The van der Waals surface area contributed by atoms with Crippen molar-refractivity contribution in [2.45, 2.75) is 33.1 Å². The predicted molar refractivity (Wildman–Crippen MR) is 73.5 cm³/mol. The van der Waals surface area contributed by atoms with Crippen molar-refractivity contribution < 1.29 is 4.79 Å². The fourth-order valence-corrected chi connectivity index (χ4v) is 3.04. The van der Waals surface area contributed by atoms with E-state index in [0.717, 1.165) is 45.8 Å². The normalized spacial score (nSPS) is 23.1. The lowest BCUT2D eigenvalue weighted by molar-refractivity contribution is -0.142. The standard InChI is InChI=1S/C14H27N3O/c1-14(2,12-16-8-4-3-5-9-16)13(18)17-10-6-15-7-11-17/h15H,3-12H2,1-2H3. The number of carbonyl (C=O) groups is 1. The molecule has 2 fully saturated rings. The molecule has 0 radical (unpaired) electrons. The van der Waals surface area contributed by atoms with Gasteiger partial charge in [-0.3, -0.25) is 4.79 Å². The van der Waals surface area contributed by atoms with Gasteiger partial charge in [-0.1, -0.05) is 6.42 Å². The van der Waals surface area contributed by atoms with Gasteiger partial charge in [-0.05, 0) is 39.8 Å². The molecule has 0 saturated carbocycles. The molecule has 0 spiro atoms. The molecular weight excluding hydrogens is 226 g/mol. The van der Waals surface area contributed by atoms with Gasteiger partial charge >= 0.3 is 0 Å². The van der Waals surface area contributed by atoms with Crippen molar-refractivity contribution in [2.75, 3.05) is 45.8 Å². The van der Waals surface area contributed by atoms with Gasteiger partial charge < -0.3 is 15.1 Å². The number of nitrogens with one attached hydrogen (secondary N) is 1. The van der Waals surface area contributed by atoms with Crippen molar-refractivity contribution in [1.82, 2.24) is 15.1 Å². The second-order valence-corrected chi connectivity index (χ2v) is 6.26. The third-order valence-corrected chi connectivity index (χ3v) is 4.05. The molecule has 0 bridgehead atoms. The quantitative estimate of drug-likeness (QED) is 0.813. The second kappa shape index (κ2) is 6.02. The van der Waals surface area contributed by atoms with E-state index in [1.165, 1.54) is 19.3 Å². The van der Waals surface area contributed by atoms with Crippen LogP contribution >= 0.6 is 0 Å². The first kappa shape index (κ1) is 13.8. The molecule has 4 nitrogen and oxygen atoms in total. The summed E-state index contributed by atoms with van der Waals surface area (Å²) in [6.07, 6.45) is 3.93. The summed E-state index contributed by atoms with van der Waals surface area (Å²) in [6, 6.07) is 0. The first-order valence-corrected chi connectivity index (χ1v) is 7.32. The molecule has 104 valence electrons. The number of rotatable bonds is 3. The Morgan fingerprint density at radius 3 is 2.28 bits per heavy atom. The van der Waals surface area contributed by atoms with Gasteiger partial charge in [0.05, 0.1) is 5.41 Å². The number of hydrogen-bond acceptors (Lipinski definition) is 3. The molecule has 0 atom stereocenters. The monoisotopic (exact) mass is 253 g/mol. The number of amides is 1. The highest BCUT2D eigenvalue weighted by Crippen LogP contribution is 2.23. The number of carbonyl (C=O) groups excluding carboxylic acids is 1. The third kappa shape index (κ3) is 3.45. The summed E-state index contributed by atoms with van der Waals surface area (Å²) < 4.78 is 0. The number of piperazine rings is 1. The molecule has 0 aromatic carbocycles. The van der Waals surface area contributed by atoms with E-state index in [0.29, 0.717) is 5.91 Å². The summed E-state index contributed by atoms with van der Waals surface area (Å²) in [6.45, 7) is 11.0. The second-order valence-electron chi connectivity index (χ2n) is 6.26. The van der Waals surface area contributed by atoms with E-state index < -0.39 is 0 Å². The smallest absolute Gasteiger partial charge is 0.229 e. The summed E-state index contributed by atoms with van der Waals surface area (Å²) in [5.74, 6) is 0.328. The van der Waals surface area contributed by atoms with Crippen LogP contribution in [0.2, 0.25) is 0 Å². The van der Waals surface area contributed by atoms with Crippen molar-refractivity contribution in [3.05, 3.63) is 0 Å². The Labute approximate surface area is 111 Å². The lowest BCUT2D eigenvalue weighted by Gasteiger charge is -2.38. The van der Waals surface area contributed by atoms with Gasteiger partial charge in [-0.15, -0.1) is 0 Å². The number of hydrogen-bond donors (Lipinski definition) is 1. The van der Waals surface area contributed by atoms with Gasteiger partial charge in [-0.2, -0.15) is 0 Å². The number of likely N-dealkylation sites (tertiary alicyclic amines) is 1. The van der Waals surface area contributed by atoms with E-state index in [4.69, 9.17) is 0 Å². The third-order valence-electron chi connectivity index (χ3n) is 4.05. The number of nitrogens with zero attached hydrogens (tertiary/aromatic N) is 2. The van der Waals surface area contributed by atoms with E-state index in [1.54, 1.807) is 0 Å². The van der Waals surface area contributed by atoms with Crippen LogP contribution in [0.25, 0.3) is 0 Å². The Morgan fingerprint density at radius 2 is 1.67 bits per heavy atom.